The smallest absolute Gasteiger partial charge is 0.288 e. The Morgan fingerprint density at radius 3 is 2.61 bits per heavy atom. The fraction of sp³-hybridized carbons (Fsp3) is 0.462. The van der Waals surface area contributed by atoms with Crippen LogP contribution in [0.5, 0.6) is 0 Å². The highest BCUT2D eigenvalue weighted by atomic mass is 32.2. The minimum Gasteiger partial charge on any atom is -0.349 e. The van der Waals surface area contributed by atoms with Crippen molar-refractivity contribution in [3.63, 3.8) is 0 Å². The van der Waals surface area contributed by atoms with Crippen LogP contribution in [0, 0.1) is 5.92 Å². The molecule has 5 heteroatoms. The molecule has 1 fully saturated rings. The number of nitrogens with one attached hydrogen (secondary N) is 1. The van der Waals surface area contributed by atoms with Crippen molar-refractivity contribution in [2.24, 2.45) is 5.92 Å². The number of rotatable bonds is 5. The molecule has 98 valence electrons. The normalized spacial score (nSPS) is 22.0. The zero-order valence-corrected chi connectivity index (χ0v) is 10.8. The molecule has 0 saturated heterocycles. The third-order valence-electron chi connectivity index (χ3n) is 3.11. The highest BCUT2D eigenvalue weighted by Gasteiger charge is 2.36. The van der Waals surface area contributed by atoms with Gasteiger partial charge in [-0.1, -0.05) is 25.1 Å². The molecular formula is C13H15F2NOS. The molecule has 18 heavy (non-hydrogen) atoms. The predicted molar refractivity (Wildman–Crippen MR) is 68.0 cm³/mol. The van der Waals surface area contributed by atoms with E-state index < -0.39 is 5.76 Å². The number of carbonyl (C=O) groups is 1. The Bertz CT molecular complexity index is 422. The SMILES string of the molecule is CC[C@@H]1C[C@H]1NC(=O)c1ccc(SC(F)F)cc1. The molecule has 0 spiro atoms. The molecule has 2 atom stereocenters. The van der Waals surface area contributed by atoms with Gasteiger partial charge in [0.2, 0.25) is 0 Å². The average Bonchev–Trinajstić information content (AvgIpc) is 3.07. The molecule has 1 aromatic carbocycles. The van der Waals surface area contributed by atoms with Crippen molar-refractivity contribution < 1.29 is 13.6 Å². The van der Waals surface area contributed by atoms with E-state index in [1.165, 1.54) is 0 Å². The van der Waals surface area contributed by atoms with Crippen molar-refractivity contribution in [2.45, 2.75) is 36.5 Å². The summed E-state index contributed by atoms with van der Waals surface area (Å²) in [6.07, 6.45) is 2.12. The van der Waals surface area contributed by atoms with Crippen molar-refractivity contribution in [1.29, 1.82) is 0 Å². The maximum Gasteiger partial charge on any atom is 0.288 e. The lowest BCUT2D eigenvalue weighted by Crippen LogP contribution is -2.26. The molecule has 1 aliphatic carbocycles. The van der Waals surface area contributed by atoms with Gasteiger partial charge in [0.1, 0.15) is 0 Å². The molecule has 0 aromatic heterocycles. The van der Waals surface area contributed by atoms with E-state index in [1.807, 2.05) is 0 Å². The summed E-state index contributed by atoms with van der Waals surface area (Å²) in [4.78, 5) is 12.3. The van der Waals surface area contributed by atoms with Gasteiger partial charge in [-0.05, 0) is 36.6 Å². The van der Waals surface area contributed by atoms with E-state index >= 15 is 0 Å². The van der Waals surface area contributed by atoms with Gasteiger partial charge in [-0.15, -0.1) is 0 Å². The number of alkyl halides is 2. The van der Waals surface area contributed by atoms with Crippen molar-refractivity contribution in [3.8, 4) is 0 Å². The lowest BCUT2D eigenvalue weighted by molar-refractivity contribution is 0.0949. The second-order valence-electron chi connectivity index (χ2n) is 4.39. The largest absolute Gasteiger partial charge is 0.349 e. The number of hydrogen-bond donors (Lipinski definition) is 1. The van der Waals surface area contributed by atoms with Crippen LogP contribution in [0.2, 0.25) is 0 Å². The molecule has 1 N–H and O–H groups in total. The van der Waals surface area contributed by atoms with Gasteiger partial charge in [0, 0.05) is 16.5 Å². The first-order chi connectivity index (χ1) is 8.60. The summed E-state index contributed by atoms with van der Waals surface area (Å²) in [6, 6.07) is 6.57. The van der Waals surface area contributed by atoms with E-state index in [0.717, 1.165) is 12.8 Å². The van der Waals surface area contributed by atoms with Crippen LogP contribution in [0.4, 0.5) is 8.78 Å². The number of carbonyl (C=O) groups excluding carboxylic acids is 1. The van der Waals surface area contributed by atoms with Crippen LogP contribution >= 0.6 is 11.8 Å². The maximum atomic E-state index is 12.1. The van der Waals surface area contributed by atoms with E-state index in [-0.39, 0.29) is 11.9 Å². The minimum atomic E-state index is -2.43. The van der Waals surface area contributed by atoms with E-state index in [2.05, 4.69) is 12.2 Å². The van der Waals surface area contributed by atoms with E-state index in [9.17, 15) is 13.6 Å². The van der Waals surface area contributed by atoms with Gasteiger partial charge >= 0.3 is 0 Å². The van der Waals surface area contributed by atoms with Crippen molar-refractivity contribution in [1.82, 2.24) is 5.32 Å². The second-order valence-corrected chi connectivity index (χ2v) is 5.45. The Balaban J connectivity index is 1.90. The highest BCUT2D eigenvalue weighted by molar-refractivity contribution is 7.99. The Labute approximate surface area is 109 Å². The zero-order chi connectivity index (χ0) is 13.1. The topological polar surface area (TPSA) is 29.1 Å². The van der Waals surface area contributed by atoms with E-state index in [0.29, 0.717) is 28.1 Å². The minimum absolute atomic E-state index is 0.121. The van der Waals surface area contributed by atoms with Crippen LogP contribution in [0.3, 0.4) is 0 Å². The van der Waals surface area contributed by atoms with Crippen LogP contribution in [0.1, 0.15) is 30.1 Å². The van der Waals surface area contributed by atoms with Gasteiger partial charge in [0.25, 0.3) is 11.7 Å². The van der Waals surface area contributed by atoms with Gasteiger partial charge in [-0.25, -0.2) is 0 Å². The summed E-state index contributed by atoms with van der Waals surface area (Å²) in [7, 11) is 0. The molecule has 0 radical (unpaired) electrons. The first-order valence-corrected chi connectivity index (χ1v) is 6.84. The van der Waals surface area contributed by atoms with Crippen LogP contribution in [0.25, 0.3) is 0 Å². The molecule has 1 amide bonds. The molecule has 0 bridgehead atoms. The zero-order valence-electron chi connectivity index (χ0n) is 10.0. The van der Waals surface area contributed by atoms with E-state index in [1.54, 1.807) is 24.3 Å². The van der Waals surface area contributed by atoms with Gasteiger partial charge in [-0.3, -0.25) is 4.79 Å². The summed E-state index contributed by atoms with van der Waals surface area (Å²) < 4.78 is 24.3. The summed E-state index contributed by atoms with van der Waals surface area (Å²) in [5.74, 6) is -1.95. The fourth-order valence-electron chi connectivity index (χ4n) is 1.92. The van der Waals surface area contributed by atoms with Gasteiger partial charge in [0.15, 0.2) is 0 Å². The van der Waals surface area contributed by atoms with Crippen LogP contribution in [-0.2, 0) is 0 Å². The van der Waals surface area contributed by atoms with Crippen molar-refractivity contribution >= 4 is 17.7 Å². The second kappa shape index (κ2) is 5.69. The molecule has 1 aliphatic rings. The summed E-state index contributed by atoms with van der Waals surface area (Å²) in [5, 5.41) is 2.94. The standard InChI is InChI=1S/C13H15F2NOS/c1-2-8-7-11(8)16-12(17)9-3-5-10(6-4-9)18-13(14)15/h3-6,8,11,13H,2,7H2,1H3,(H,16,17)/t8-,11-/m1/s1. The van der Waals surface area contributed by atoms with Crippen LogP contribution < -0.4 is 5.32 Å². The summed E-state index contributed by atoms with van der Waals surface area (Å²) in [6.45, 7) is 2.10. The Hall–Kier alpha value is -1.10. The quantitative estimate of drug-likeness (QED) is 0.830. The maximum absolute atomic E-state index is 12.1. The number of thioether (sulfide) groups is 1. The highest BCUT2D eigenvalue weighted by Crippen LogP contribution is 2.33. The summed E-state index contributed by atoms with van der Waals surface area (Å²) in [5.41, 5.74) is 0.523. The van der Waals surface area contributed by atoms with Gasteiger partial charge < -0.3 is 5.32 Å². The van der Waals surface area contributed by atoms with E-state index in [4.69, 9.17) is 0 Å². The molecule has 1 saturated carbocycles. The molecule has 0 aliphatic heterocycles. The third-order valence-corrected chi connectivity index (χ3v) is 3.83. The van der Waals surface area contributed by atoms with Crippen LogP contribution in [-0.4, -0.2) is 17.7 Å². The third kappa shape index (κ3) is 3.45. The average molecular weight is 271 g/mol. The van der Waals surface area contributed by atoms with Crippen LogP contribution in [0.15, 0.2) is 29.2 Å². The number of amides is 1. The number of hydrogen-bond acceptors (Lipinski definition) is 2. The van der Waals surface area contributed by atoms with Crippen molar-refractivity contribution in [3.05, 3.63) is 29.8 Å². The molecular weight excluding hydrogens is 256 g/mol. The molecule has 0 unspecified atom stereocenters. The Morgan fingerprint density at radius 2 is 2.11 bits per heavy atom. The molecule has 0 heterocycles. The molecule has 2 rings (SSSR count). The first-order valence-electron chi connectivity index (χ1n) is 5.96. The number of halogens is 2. The Morgan fingerprint density at radius 1 is 1.44 bits per heavy atom. The number of benzene rings is 1. The van der Waals surface area contributed by atoms with Gasteiger partial charge in [0.05, 0.1) is 0 Å². The monoisotopic (exact) mass is 271 g/mol. The lowest BCUT2D eigenvalue weighted by Gasteiger charge is -2.05. The predicted octanol–water partition coefficient (Wildman–Crippen LogP) is 3.53. The first kappa shape index (κ1) is 13.3. The van der Waals surface area contributed by atoms with Crippen molar-refractivity contribution in [2.75, 3.05) is 0 Å². The molecule has 2 nitrogen and oxygen atoms in total. The lowest BCUT2D eigenvalue weighted by atomic mass is 10.2. The molecule has 1 aromatic rings. The Kier molecular flexibility index (Phi) is 4.22. The van der Waals surface area contributed by atoms with Gasteiger partial charge in [-0.2, -0.15) is 8.78 Å². The summed E-state index contributed by atoms with van der Waals surface area (Å²) >= 11 is 0.484. The fourth-order valence-corrected chi connectivity index (χ4v) is 2.41.